The van der Waals surface area contributed by atoms with Gasteiger partial charge in [-0.2, -0.15) is 0 Å². The molecule has 2 nitrogen and oxygen atoms in total. The fraction of sp³-hybridized carbons (Fsp3) is 0.182. The zero-order chi connectivity index (χ0) is 16.5. The van der Waals surface area contributed by atoms with E-state index in [2.05, 4.69) is 50.2 Å². The molecule has 0 fully saturated rings. The quantitative estimate of drug-likeness (QED) is 0.484. The standard InChI is InChI=1S/C22H20N2/c1-3-8-18-13-16-9-4-5-10-17(16)14-19(18)22-15(2)23-20-11-6-7-12-21(20)24-22/h4-7,9-14H,3,8H2,1-2H3. The second kappa shape index (κ2) is 6.04. The molecule has 0 saturated carbocycles. The summed E-state index contributed by atoms with van der Waals surface area (Å²) >= 11 is 0. The minimum atomic E-state index is 0.953. The minimum Gasteiger partial charge on any atom is -0.249 e. The van der Waals surface area contributed by atoms with Crippen LogP contribution in [0.5, 0.6) is 0 Å². The van der Waals surface area contributed by atoms with Gasteiger partial charge in [-0.15, -0.1) is 0 Å². The molecule has 0 unspecified atom stereocenters. The third kappa shape index (κ3) is 2.54. The van der Waals surface area contributed by atoms with Crippen molar-refractivity contribution < 1.29 is 0 Å². The molecule has 4 rings (SSSR count). The second-order valence-electron chi connectivity index (χ2n) is 6.25. The van der Waals surface area contributed by atoms with Gasteiger partial charge in [-0.05, 0) is 47.9 Å². The van der Waals surface area contributed by atoms with Crippen LogP contribution in [0.1, 0.15) is 24.6 Å². The molecule has 0 bridgehead atoms. The molecular weight excluding hydrogens is 292 g/mol. The molecule has 0 aliphatic heterocycles. The third-order valence-corrected chi connectivity index (χ3v) is 4.49. The fourth-order valence-corrected chi connectivity index (χ4v) is 3.33. The van der Waals surface area contributed by atoms with Crippen molar-refractivity contribution in [2.24, 2.45) is 0 Å². The summed E-state index contributed by atoms with van der Waals surface area (Å²) in [6, 6.07) is 21.2. The van der Waals surface area contributed by atoms with E-state index in [4.69, 9.17) is 9.97 Å². The van der Waals surface area contributed by atoms with Crippen molar-refractivity contribution in [1.82, 2.24) is 9.97 Å². The molecule has 0 aliphatic rings. The van der Waals surface area contributed by atoms with E-state index in [9.17, 15) is 0 Å². The van der Waals surface area contributed by atoms with Crippen LogP contribution in [-0.4, -0.2) is 9.97 Å². The molecule has 118 valence electrons. The largest absolute Gasteiger partial charge is 0.249 e. The molecule has 1 heterocycles. The first-order valence-electron chi connectivity index (χ1n) is 8.51. The number of rotatable bonds is 3. The predicted molar refractivity (Wildman–Crippen MR) is 101 cm³/mol. The summed E-state index contributed by atoms with van der Waals surface area (Å²) in [5, 5.41) is 2.54. The molecule has 1 aromatic heterocycles. The van der Waals surface area contributed by atoms with Gasteiger partial charge in [0.15, 0.2) is 0 Å². The van der Waals surface area contributed by atoms with Crippen LogP contribution in [0.25, 0.3) is 33.1 Å². The molecule has 0 radical (unpaired) electrons. The summed E-state index contributed by atoms with van der Waals surface area (Å²) < 4.78 is 0. The Kier molecular flexibility index (Phi) is 3.73. The first kappa shape index (κ1) is 14.8. The first-order valence-corrected chi connectivity index (χ1v) is 8.51. The molecular formula is C22H20N2. The molecule has 2 heteroatoms. The van der Waals surface area contributed by atoms with E-state index in [1.54, 1.807) is 0 Å². The van der Waals surface area contributed by atoms with Crippen molar-refractivity contribution in [2.75, 3.05) is 0 Å². The number of aromatic nitrogens is 2. The molecule has 0 atom stereocenters. The van der Waals surface area contributed by atoms with Gasteiger partial charge in [-0.1, -0.05) is 55.8 Å². The van der Waals surface area contributed by atoms with Crippen molar-refractivity contribution in [2.45, 2.75) is 26.7 Å². The molecule has 4 aromatic rings. The lowest BCUT2D eigenvalue weighted by Gasteiger charge is -2.13. The van der Waals surface area contributed by atoms with Gasteiger partial charge in [-0.25, -0.2) is 9.97 Å². The van der Waals surface area contributed by atoms with Crippen LogP contribution >= 0.6 is 0 Å². The summed E-state index contributed by atoms with van der Waals surface area (Å²) in [6.07, 6.45) is 2.17. The maximum Gasteiger partial charge on any atom is 0.0925 e. The van der Waals surface area contributed by atoms with Gasteiger partial charge in [0.05, 0.1) is 22.4 Å². The van der Waals surface area contributed by atoms with Gasteiger partial charge in [0.2, 0.25) is 0 Å². The number of aryl methyl sites for hydroxylation is 2. The van der Waals surface area contributed by atoms with E-state index in [-0.39, 0.29) is 0 Å². The highest BCUT2D eigenvalue weighted by molar-refractivity contribution is 5.90. The fourth-order valence-electron chi connectivity index (χ4n) is 3.33. The Morgan fingerprint density at radius 1 is 0.792 bits per heavy atom. The average Bonchev–Trinajstić information content (AvgIpc) is 2.61. The average molecular weight is 312 g/mol. The van der Waals surface area contributed by atoms with Crippen LogP contribution < -0.4 is 0 Å². The van der Waals surface area contributed by atoms with Crippen LogP contribution in [0.15, 0.2) is 60.7 Å². The number of para-hydroxylation sites is 2. The molecule has 3 aromatic carbocycles. The maximum absolute atomic E-state index is 4.93. The molecule has 0 aliphatic carbocycles. The lowest BCUT2D eigenvalue weighted by atomic mass is 9.95. The smallest absolute Gasteiger partial charge is 0.0925 e. The van der Waals surface area contributed by atoms with Gasteiger partial charge in [0.1, 0.15) is 0 Å². The SMILES string of the molecule is CCCc1cc2ccccc2cc1-c1nc2ccccc2nc1C. The topological polar surface area (TPSA) is 25.8 Å². The maximum atomic E-state index is 4.93. The first-order chi connectivity index (χ1) is 11.8. The summed E-state index contributed by atoms with van der Waals surface area (Å²) in [5.41, 5.74) is 6.46. The number of nitrogens with zero attached hydrogens (tertiary/aromatic N) is 2. The summed E-state index contributed by atoms with van der Waals surface area (Å²) in [7, 11) is 0. The van der Waals surface area contributed by atoms with Crippen LogP contribution in [0.2, 0.25) is 0 Å². The van der Waals surface area contributed by atoms with Gasteiger partial charge < -0.3 is 0 Å². The van der Waals surface area contributed by atoms with Crippen LogP contribution in [0, 0.1) is 6.92 Å². The van der Waals surface area contributed by atoms with Crippen molar-refractivity contribution in [3.05, 3.63) is 71.9 Å². The summed E-state index contributed by atoms with van der Waals surface area (Å²) in [6.45, 7) is 4.28. The number of benzene rings is 3. The zero-order valence-corrected chi connectivity index (χ0v) is 14.1. The molecule has 0 N–H and O–H groups in total. The zero-order valence-electron chi connectivity index (χ0n) is 14.1. The van der Waals surface area contributed by atoms with E-state index in [1.807, 2.05) is 24.3 Å². The highest BCUT2D eigenvalue weighted by Gasteiger charge is 2.13. The van der Waals surface area contributed by atoms with E-state index in [1.165, 1.54) is 21.9 Å². The van der Waals surface area contributed by atoms with Crippen molar-refractivity contribution >= 4 is 21.8 Å². The Balaban J connectivity index is 2.00. The monoisotopic (exact) mass is 312 g/mol. The van der Waals surface area contributed by atoms with Crippen molar-refractivity contribution in [3.63, 3.8) is 0 Å². The van der Waals surface area contributed by atoms with Crippen molar-refractivity contribution in [3.8, 4) is 11.3 Å². The van der Waals surface area contributed by atoms with Crippen molar-refractivity contribution in [1.29, 1.82) is 0 Å². The highest BCUT2D eigenvalue weighted by Crippen LogP contribution is 2.31. The van der Waals surface area contributed by atoms with E-state index >= 15 is 0 Å². The molecule has 0 amide bonds. The normalized spacial score (nSPS) is 11.2. The summed E-state index contributed by atoms with van der Waals surface area (Å²) in [4.78, 5) is 9.70. The van der Waals surface area contributed by atoms with E-state index in [0.29, 0.717) is 0 Å². The van der Waals surface area contributed by atoms with Crippen LogP contribution in [0.4, 0.5) is 0 Å². The Morgan fingerprint density at radius 2 is 1.42 bits per heavy atom. The lowest BCUT2D eigenvalue weighted by molar-refractivity contribution is 0.923. The van der Waals surface area contributed by atoms with Gasteiger partial charge >= 0.3 is 0 Å². The lowest BCUT2D eigenvalue weighted by Crippen LogP contribution is -1.98. The predicted octanol–water partition coefficient (Wildman–Crippen LogP) is 5.71. The number of hydrogen-bond donors (Lipinski definition) is 0. The Labute approximate surface area is 142 Å². The summed E-state index contributed by atoms with van der Waals surface area (Å²) in [5.74, 6) is 0. The van der Waals surface area contributed by atoms with E-state index < -0.39 is 0 Å². The minimum absolute atomic E-state index is 0.953. The van der Waals surface area contributed by atoms with Gasteiger partial charge in [-0.3, -0.25) is 0 Å². The molecule has 24 heavy (non-hydrogen) atoms. The number of hydrogen-bond acceptors (Lipinski definition) is 2. The second-order valence-corrected chi connectivity index (χ2v) is 6.25. The van der Waals surface area contributed by atoms with Gasteiger partial charge in [0, 0.05) is 5.56 Å². The molecule has 0 saturated heterocycles. The van der Waals surface area contributed by atoms with Crippen LogP contribution in [0.3, 0.4) is 0 Å². The third-order valence-electron chi connectivity index (χ3n) is 4.49. The van der Waals surface area contributed by atoms with Crippen LogP contribution in [-0.2, 0) is 6.42 Å². The highest BCUT2D eigenvalue weighted by atomic mass is 14.8. The molecule has 0 spiro atoms. The van der Waals surface area contributed by atoms with Gasteiger partial charge in [0.25, 0.3) is 0 Å². The van der Waals surface area contributed by atoms with E-state index in [0.717, 1.165) is 35.3 Å². The Bertz CT molecular complexity index is 1030. The Morgan fingerprint density at radius 3 is 2.12 bits per heavy atom. The number of fused-ring (bicyclic) bond motifs is 2. The Hall–Kier alpha value is -2.74.